The Kier molecular flexibility index (Phi) is 22.6. The highest BCUT2D eigenvalue weighted by Crippen LogP contribution is 2.42. The molecule has 1 aliphatic carbocycles. The number of aliphatic hydroxyl groups is 4. The average Bonchev–Trinajstić information content (AvgIpc) is 4.26. The largest absolute Gasteiger partial charge is 0.491 e. The van der Waals surface area contributed by atoms with Crippen LogP contribution < -0.4 is 10.2 Å². The Morgan fingerprint density at radius 2 is 1.55 bits per heavy atom. The smallest absolute Gasteiger partial charge is 0.341 e. The van der Waals surface area contributed by atoms with E-state index in [0.717, 1.165) is 12.8 Å². The number of pyridine rings is 1. The van der Waals surface area contributed by atoms with E-state index in [1.54, 1.807) is 66.7 Å². The summed E-state index contributed by atoms with van der Waals surface area (Å²) in [5.74, 6) is -4.34. The first kappa shape index (κ1) is 65.3. The fourth-order valence-electron chi connectivity index (χ4n) is 12.1. The zero-order valence-electron chi connectivity index (χ0n) is 49.5. The van der Waals surface area contributed by atoms with Crippen LogP contribution >= 0.6 is 0 Å². The molecule has 1 aromatic carbocycles. The fraction of sp³-hybridized carbons (Fsp3) is 0.793. The first-order valence-corrected chi connectivity index (χ1v) is 28.5. The molecule has 0 unspecified atom stereocenters. The number of methoxy groups -OCH3 is 1. The molecule has 4 heterocycles. The highest BCUT2D eigenvalue weighted by molar-refractivity contribution is 5.93. The van der Waals surface area contributed by atoms with Crippen molar-refractivity contribution in [3.05, 3.63) is 40.2 Å². The van der Waals surface area contributed by atoms with E-state index in [-0.39, 0.29) is 93.8 Å². The van der Waals surface area contributed by atoms with Gasteiger partial charge in [0.15, 0.2) is 18.7 Å². The lowest BCUT2D eigenvalue weighted by molar-refractivity contribution is -0.318. The number of carboxylic acids is 1. The lowest BCUT2D eigenvalue weighted by atomic mass is 9.77. The quantitative estimate of drug-likeness (QED) is 0.0913. The molecule has 3 saturated heterocycles. The molecule has 454 valence electrons. The van der Waals surface area contributed by atoms with Gasteiger partial charge in [-0.3, -0.25) is 14.4 Å². The number of likely N-dealkylation sites (N-methyl/N-ethyl adjacent to an activating group) is 2. The van der Waals surface area contributed by atoms with Crippen LogP contribution in [0.15, 0.2) is 29.2 Å². The normalized spacial score (nSPS) is 37.2. The van der Waals surface area contributed by atoms with Gasteiger partial charge in [-0.1, -0.05) is 20.8 Å². The minimum atomic E-state index is -1.87. The van der Waals surface area contributed by atoms with Gasteiger partial charge in [-0.25, -0.2) is 4.79 Å². The molecule has 18 atom stereocenters. The third kappa shape index (κ3) is 15.7. The number of hydrogen-bond acceptors (Lipinski definition) is 20. The van der Waals surface area contributed by atoms with Crippen LogP contribution in [0.5, 0.6) is 5.75 Å². The van der Waals surface area contributed by atoms with Crippen molar-refractivity contribution in [2.45, 2.75) is 211 Å². The van der Waals surface area contributed by atoms with Crippen LogP contribution in [0.3, 0.4) is 0 Å². The van der Waals surface area contributed by atoms with Crippen LogP contribution in [0.2, 0.25) is 0 Å². The standard InChI is InChI=1S/C58H93N3O19/c1-15-44-58(10,70)50(65)36(6)60(13)30-32(2)28-56(8,69)51(80-55-48(64)43(59(11)12)26-33(3)75-55)34(4)49(35(5)54(68)77-44)79-46-29-57(9,71-14)52(37(7)76-46)78-45(62)20-21-72-22-23-73-24-25-74-39-18-19-42-40(27-39)47(63)41(53(66)67)31-61(42)38-16-17-38/h18-19,27,31-38,43-44,46,48-52,55,64-65,69-70H,15-17,20-26,28-30H2,1-14H3,(H,66,67)/t32-,33-,34+,35-,36-,37+,43+,44-,46+,48-,49+,50-,51-,52+,55+,56-,57-,58-/m1/s1. The van der Waals surface area contributed by atoms with Crippen molar-refractivity contribution in [1.29, 1.82) is 0 Å². The predicted molar refractivity (Wildman–Crippen MR) is 293 cm³/mol. The lowest BCUT2D eigenvalue weighted by Crippen LogP contribution is -2.61. The maximum atomic E-state index is 14.6. The predicted octanol–water partition coefficient (Wildman–Crippen LogP) is 4.30. The molecule has 5 N–H and O–H groups in total. The summed E-state index contributed by atoms with van der Waals surface area (Å²) >= 11 is 0. The molecule has 80 heavy (non-hydrogen) atoms. The van der Waals surface area contributed by atoms with Crippen molar-refractivity contribution in [1.82, 2.24) is 14.4 Å². The minimum absolute atomic E-state index is 0.0229. The molecule has 4 fully saturated rings. The van der Waals surface area contributed by atoms with Crippen molar-refractivity contribution >= 4 is 28.8 Å². The van der Waals surface area contributed by atoms with Crippen molar-refractivity contribution in [2.75, 3.05) is 67.8 Å². The number of ether oxygens (including phenoxy) is 10. The molecule has 2 aromatic rings. The Morgan fingerprint density at radius 3 is 2.17 bits per heavy atom. The van der Waals surface area contributed by atoms with Gasteiger partial charge in [0.1, 0.15) is 47.4 Å². The van der Waals surface area contributed by atoms with Gasteiger partial charge in [0.2, 0.25) is 5.43 Å². The molecule has 22 nitrogen and oxygen atoms in total. The molecule has 3 aliphatic heterocycles. The third-order valence-electron chi connectivity index (χ3n) is 16.9. The van der Waals surface area contributed by atoms with E-state index in [0.29, 0.717) is 24.2 Å². The van der Waals surface area contributed by atoms with Gasteiger partial charge < -0.3 is 87.3 Å². The van der Waals surface area contributed by atoms with Gasteiger partial charge in [-0.05, 0) is 126 Å². The van der Waals surface area contributed by atoms with Crippen molar-refractivity contribution < 1.29 is 87.3 Å². The average molecular weight is 1140 g/mol. The molecule has 4 aliphatic rings. The van der Waals surface area contributed by atoms with Crippen molar-refractivity contribution in [3.8, 4) is 5.75 Å². The molecule has 6 rings (SSSR count). The number of aromatic nitrogens is 1. The van der Waals surface area contributed by atoms with E-state index in [9.17, 15) is 44.7 Å². The maximum Gasteiger partial charge on any atom is 0.341 e. The van der Waals surface area contributed by atoms with Crippen LogP contribution in [-0.2, 0) is 52.2 Å². The van der Waals surface area contributed by atoms with Crippen LogP contribution in [0, 0.1) is 17.8 Å². The number of cyclic esters (lactones) is 1. The SMILES string of the molecule is CC[C@H]1OC(=O)[C@H](C)[C@@H](O[C@H]2C[C@@](C)(OC)[C@@H](OC(=O)CCOCCOCCOc3ccc4c(c3)c(=O)c(C(=O)O)cn4C3CC3)[C@H](C)O2)[C@H](C)[C@@H](O[C@@H]2O[C@H](C)C[C@H](N(C)C)[C@H]2O)[C@](C)(O)C[C@@H](C)CN(C)[C@H](C)[C@@H](O)[C@]1(C)O. The number of nitrogens with zero attached hydrogens (tertiary/aromatic N) is 3. The van der Waals surface area contributed by atoms with Gasteiger partial charge in [0.05, 0.1) is 79.7 Å². The summed E-state index contributed by atoms with van der Waals surface area (Å²) in [6.07, 6.45) is -6.05. The molecule has 0 amide bonds. The molecule has 0 radical (unpaired) electrons. The van der Waals surface area contributed by atoms with E-state index in [4.69, 9.17) is 47.4 Å². The van der Waals surface area contributed by atoms with Crippen molar-refractivity contribution in [3.63, 3.8) is 0 Å². The summed E-state index contributed by atoms with van der Waals surface area (Å²) in [6.45, 7) is 18.6. The topological polar surface area (TPSA) is 273 Å². The number of aliphatic hydroxyl groups excluding tert-OH is 2. The van der Waals surface area contributed by atoms with Crippen LogP contribution in [0.25, 0.3) is 10.9 Å². The summed E-state index contributed by atoms with van der Waals surface area (Å²) in [5.41, 5.74) is -4.88. The molecular weight excluding hydrogens is 1040 g/mol. The fourth-order valence-corrected chi connectivity index (χ4v) is 12.1. The van der Waals surface area contributed by atoms with E-state index in [2.05, 4.69) is 0 Å². The monoisotopic (exact) mass is 1140 g/mol. The summed E-state index contributed by atoms with van der Waals surface area (Å²) in [5, 5.41) is 58.0. The number of hydrogen-bond donors (Lipinski definition) is 5. The zero-order valence-corrected chi connectivity index (χ0v) is 49.5. The van der Waals surface area contributed by atoms with Gasteiger partial charge in [0, 0.05) is 50.3 Å². The number of benzene rings is 1. The Balaban J connectivity index is 1.10. The number of aromatic carboxylic acids is 1. The molecule has 0 bridgehead atoms. The number of carbonyl (C=O) groups is 3. The molecule has 0 spiro atoms. The first-order chi connectivity index (χ1) is 37.5. The van der Waals surface area contributed by atoms with Gasteiger partial charge in [-0.15, -0.1) is 0 Å². The van der Waals surface area contributed by atoms with Crippen LogP contribution in [-0.4, -0.2) is 216 Å². The number of esters is 2. The van der Waals surface area contributed by atoms with E-state index in [1.807, 2.05) is 49.4 Å². The minimum Gasteiger partial charge on any atom is -0.491 e. The number of fused-ring (bicyclic) bond motifs is 1. The Bertz CT molecular complexity index is 2430. The summed E-state index contributed by atoms with van der Waals surface area (Å²) in [6, 6.07) is 4.30. The summed E-state index contributed by atoms with van der Waals surface area (Å²) < 4.78 is 63.7. The van der Waals surface area contributed by atoms with Crippen molar-refractivity contribution in [2.24, 2.45) is 17.8 Å². The van der Waals surface area contributed by atoms with E-state index in [1.165, 1.54) is 20.2 Å². The van der Waals surface area contributed by atoms with Gasteiger partial charge in [0.25, 0.3) is 0 Å². The molecule has 22 heteroatoms. The Labute approximate surface area is 471 Å². The number of rotatable bonds is 20. The highest BCUT2D eigenvalue weighted by Gasteiger charge is 2.54. The summed E-state index contributed by atoms with van der Waals surface area (Å²) in [7, 11) is 7.05. The Hall–Kier alpha value is -3.88. The second-order valence-electron chi connectivity index (χ2n) is 23.9. The number of carbonyl (C=O) groups excluding carboxylic acids is 2. The Morgan fingerprint density at radius 1 is 0.887 bits per heavy atom. The van der Waals surface area contributed by atoms with Gasteiger partial charge in [-0.2, -0.15) is 0 Å². The van der Waals surface area contributed by atoms with E-state index >= 15 is 0 Å². The zero-order chi connectivity index (χ0) is 59.2. The summed E-state index contributed by atoms with van der Waals surface area (Å²) in [4.78, 5) is 56.5. The van der Waals surface area contributed by atoms with Crippen LogP contribution in [0.4, 0.5) is 0 Å². The highest BCUT2D eigenvalue weighted by atomic mass is 16.7. The molecule has 1 aromatic heterocycles. The lowest BCUT2D eigenvalue weighted by Gasteiger charge is -2.49. The van der Waals surface area contributed by atoms with E-state index < -0.39 is 113 Å². The third-order valence-corrected chi connectivity index (χ3v) is 16.9. The maximum absolute atomic E-state index is 14.6. The number of carboxylic acid groups (broad SMARTS) is 1. The molecular formula is C58H93N3O19. The second kappa shape index (κ2) is 27.7. The first-order valence-electron chi connectivity index (χ1n) is 28.5. The second-order valence-corrected chi connectivity index (χ2v) is 23.9. The van der Waals surface area contributed by atoms with Crippen LogP contribution in [0.1, 0.15) is 131 Å². The van der Waals surface area contributed by atoms with Gasteiger partial charge >= 0.3 is 17.9 Å². The molecule has 1 saturated carbocycles.